The molecule has 2 saturated heterocycles. The molecule has 1 aromatic carbocycles. The van der Waals surface area contributed by atoms with Crippen molar-refractivity contribution in [1.29, 1.82) is 0 Å². The summed E-state index contributed by atoms with van der Waals surface area (Å²) in [5.41, 5.74) is 0.0748. The first-order valence-electron chi connectivity index (χ1n) is 12.2. The van der Waals surface area contributed by atoms with Crippen LogP contribution < -0.4 is 0 Å². The second-order valence-electron chi connectivity index (χ2n) is 12.3. The van der Waals surface area contributed by atoms with Crippen LogP contribution in [0.25, 0.3) is 0 Å². The van der Waals surface area contributed by atoms with Crippen LogP contribution >= 0.6 is 0 Å². The molecule has 0 radical (unpaired) electrons. The molecule has 5 nitrogen and oxygen atoms in total. The fourth-order valence-electron chi connectivity index (χ4n) is 6.45. The Balaban J connectivity index is 2.16. The first kappa shape index (κ1) is 25.8. The Morgan fingerprint density at radius 3 is 2.15 bits per heavy atom. The average Bonchev–Trinajstić information content (AvgIpc) is 3.09. The van der Waals surface area contributed by atoms with Gasteiger partial charge in [0, 0.05) is 5.29 Å². The van der Waals surface area contributed by atoms with E-state index in [0.29, 0.717) is 17.6 Å². The Hall–Kier alpha value is -1.87. The third kappa shape index (κ3) is 4.46. The molecule has 0 N–H and O–H groups in total. The number of rotatable bonds is 9. The van der Waals surface area contributed by atoms with E-state index in [0.717, 1.165) is 12.0 Å². The minimum absolute atomic E-state index is 0.0386. The van der Waals surface area contributed by atoms with Crippen molar-refractivity contribution < 1.29 is 14.3 Å². The van der Waals surface area contributed by atoms with Gasteiger partial charge in [0.05, 0.1) is 28.2 Å². The molecule has 2 amide bonds. The molecule has 0 unspecified atom stereocenters. The van der Waals surface area contributed by atoms with Gasteiger partial charge in [-0.2, -0.15) is 0 Å². The highest BCUT2D eigenvalue weighted by atomic mass is 28.4. The Labute approximate surface area is 202 Å². The fourth-order valence-corrected chi connectivity index (χ4v) is 19.1. The van der Waals surface area contributed by atoms with Crippen molar-refractivity contribution in [1.82, 2.24) is 9.80 Å². The van der Waals surface area contributed by atoms with Crippen molar-refractivity contribution in [3.63, 3.8) is 0 Å². The normalized spacial score (nSPS) is 26.1. The standard InChI is InChI=1S/C26H42N2O3Si2/c1-10-16-26(28-21(18-31-24(28)30)20-14-12-11-13-15-20)22(17-19(2)3)27(23(26)29)25(32(4,5)6)33(7,8)9/h10-15,19,21-22,25H,1,16-18H2,2-9H3/t21-,22-,26-/m1/s1. The number of carbonyl (C=O) groups is 2. The Morgan fingerprint density at radius 2 is 1.67 bits per heavy atom. The van der Waals surface area contributed by atoms with Gasteiger partial charge in [-0.25, -0.2) is 4.79 Å². The lowest BCUT2D eigenvalue weighted by Gasteiger charge is -2.65. The van der Waals surface area contributed by atoms with Gasteiger partial charge in [0.1, 0.15) is 12.1 Å². The molecule has 0 aliphatic carbocycles. The Morgan fingerprint density at radius 1 is 1.09 bits per heavy atom. The van der Waals surface area contributed by atoms with Gasteiger partial charge in [0.2, 0.25) is 0 Å². The van der Waals surface area contributed by atoms with Gasteiger partial charge in [-0.15, -0.1) is 6.58 Å². The van der Waals surface area contributed by atoms with Crippen LogP contribution in [0.15, 0.2) is 43.0 Å². The smallest absolute Gasteiger partial charge is 0.411 e. The van der Waals surface area contributed by atoms with Crippen LogP contribution in [0, 0.1) is 5.92 Å². The Bertz CT molecular complexity index is 877. The van der Waals surface area contributed by atoms with Gasteiger partial charge in [-0.05, 0) is 24.3 Å². The van der Waals surface area contributed by atoms with E-state index in [2.05, 4.69) is 64.6 Å². The third-order valence-corrected chi connectivity index (χ3v) is 16.1. The molecular weight excluding hydrogens is 444 g/mol. The highest BCUT2D eigenvalue weighted by Crippen LogP contribution is 2.51. The van der Waals surface area contributed by atoms with Crippen LogP contribution in [-0.2, 0) is 9.53 Å². The molecule has 1 aromatic rings. The summed E-state index contributed by atoms with van der Waals surface area (Å²) in [5, 5.41) is 0.299. The molecule has 2 heterocycles. The zero-order chi connectivity index (χ0) is 24.8. The van der Waals surface area contributed by atoms with Crippen molar-refractivity contribution >= 4 is 28.1 Å². The van der Waals surface area contributed by atoms with E-state index in [1.807, 2.05) is 36.4 Å². The topological polar surface area (TPSA) is 49.9 Å². The number of amides is 2. The maximum absolute atomic E-state index is 14.4. The molecule has 0 bridgehead atoms. The lowest BCUT2D eigenvalue weighted by Crippen LogP contribution is -2.86. The van der Waals surface area contributed by atoms with Crippen molar-refractivity contribution in [2.75, 3.05) is 6.61 Å². The average molecular weight is 487 g/mol. The van der Waals surface area contributed by atoms with Crippen LogP contribution in [0.1, 0.15) is 38.3 Å². The predicted octanol–water partition coefficient (Wildman–Crippen LogP) is 5.88. The summed E-state index contributed by atoms with van der Waals surface area (Å²) < 4.78 is 5.59. The monoisotopic (exact) mass is 486 g/mol. The van der Waals surface area contributed by atoms with Crippen LogP contribution in [0.5, 0.6) is 0 Å². The van der Waals surface area contributed by atoms with Gasteiger partial charge in [0.15, 0.2) is 0 Å². The maximum atomic E-state index is 14.4. The molecule has 2 fully saturated rings. The number of nitrogens with zero attached hydrogens (tertiary/aromatic N) is 2. The summed E-state index contributed by atoms with van der Waals surface area (Å²) in [7, 11) is -3.41. The molecule has 0 saturated carbocycles. The van der Waals surface area contributed by atoms with E-state index < -0.39 is 21.7 Å². The van der Waals surface area contributed by atoms with E-state index in [-0.39, 0.29) is 30.7 Å². The van der Waals surface area contributed by atoms with Crippen molar-refractivity contribution in [3.8, 4) is 0 Å². The molecular formula is C26H42N2O3Si2. The first-order valence-corrected chi connectivity index (χ1v) is 19.4. The summed E-state index contributed by atoms with van der Waals surface area (Å²) in [5.74, 6) is 0.482. The second-order valence-corrected chi connectivity index (χ2v) is 23.4. The number of benzene rings is 1. The Kier molecular flexibility index (Phi) is 7.07. The molecule has 33 heavy (non-hydrogen) atoms. The molecule has 2 aliphatic heterocycles. The highest BCUT2D eigenvalue weighted by Gasteiger charge is 2.70. The van der Waals surface area contributed by atoms with Crippen LogP contribution in [0.2, 0.25) is 39.3 Å². The van der Waals surface area contributed by atoms with Gasteiger partial charge < -0.3 is 9.64 Å². The second kappa shape index (κ2) is 9.06. The number of cyclic esters (lactones) is 1. The summed E-state index contributed by atoms with van der Waals surface area (Å²) in [4.78, 5) is 31.6. The number of ether oxygens (including phenoxy) is 1. The molecule has 3 atom stereocenters. The van der Waals surface area contributed by atoms with E-state index in [9.17, 15) is 9.59 Å². The minimum Gasteiger partial charge on any atom is -0.447 e. The minimum atomic E-state index is -1.71. The lowest BCUT2D eigenvalue weighted by atomic mass is 9.71. The molecule has 0 aromatic heterocycles. The zero-order valence-corrected chi connectivity index (χ0v) is 23.7. The van der Waals surface area contributed by atoms with Crippen LogP contribution in [-0.4, -0.2) is 61.4 Å². The van der Waals surface area contributed by atoms with E-state index in [1.165, 1.54) is 0 Å². The van der Waals surface area contributed by atoms with Crippen LogP contribution in [0.4, 0.5) is 4.79 Å². The van der Waals surface area contributed by atoms with Crippen molar-refractivity contribution in [2.45, 2.75) is 88.9 Å². The van der Waals surface area contributed by atoms with Crippen molar-refractivity contribution in [2.24, 2.45) is 5.92 Å². The predicted molar refractivity (Wildman–Crippen MR) is 140 cm³/mol. The van der Waals surface area contributed by atoms with Gasteiger partial charge in [-0.1, -0.05) is 89.5 Å². The SMILES string of the molecule is C=CC[C@]1(N2C(=O)OC[C@@H]2c2ccccc2)C(=O)N(C([Si](C)(C)C)[Si](C)(C)C)[C@@H]1CC(C)C. The first-order chi connectivity index (χ1) is 15.3. The molecule has 2 aliphatic rings. The molecule has 182 valence electrons. The maximum Gasteiger partial charge on any atom is 0.411 e. The largest absolute Gasteiger partial charge is 0.447 e. The number of β-lactam (4-membered cyclic amide) rings is 1. The van der Waals surface area contributed by atoms with Crippen LogP contribution in [0.3, 0.4) is 0 Å². The fraction of sp³-hybridized carbons (Fsp3) is 0.615. The van der Waals surface area contributed by atoms with Crippen molar-refractivity contribution in [3.05, 3.63) is 48.6 Å². The summed E-state index contributed by atoms with van der Waals surface area (Å²) in [6.45, 7) is 22.9. The quantitative estimate of drug-likeness (QED) is 0.249. The van der Waals surface area contributed by atoms with E-state index in [1.54, 1.807) is 4.90 Å². The van der Waals surface area contributed by atoms with E-state index >= 15 is 0 Å². The summed E-state index contributed by atoms with van der Waals surface area (Å²) >= 11 is 0. The summed E-state index contributed by atoms with van der Waals surface area (Å²) in [6, 6.07) is 9.65. The lowest BCUT2D eigenvalue weighted by molar-refractivity contribution is -0.176. The number of hydrogen-bond acceptors (Lipinski definition) is 3. The van der Waals surface area contributed by atoms with Gasteiger partial charge >= 0.3 is 6.09 Å². The van der Waals surface area contributed by atoms with E-state index in [4.69, 9.17) is 4.74 Å². The number of likely N-dealkylation sites (tertiary alicyclic amines) is 1. The number of hydrogen-bond donors (Lipinski definition) is 0. The highest BCUT2D eigenvalue weighted by molar-refractivity contribution is 6.96. The zero-order valence-electron chi connectivity index (χ0n) is 21.7. The molecule has 0 spiro atoms. The third-order valence-electron chi connectivity index (χ3n) is 7.05. The molecule has 7 heteroatoms. The molecule has 3 rings (SSSR count). The van der Waals surface area contributed by atoms with Gasteiger partial charge in [-0.3, -0.25) is 9.69 Å². The summed E-state index contributed by atoms with van der Waals surface area (Å²) in [6.07, 6.45) is 2.73. The number of carbonyl (C=O) groups excluding carboxylic acids is 2. The van der Waals surface area contributed by atoms with Gasteiger partial charge in [0.25, 0.3) is 5.91 Å².